The second-order valence-corrected chi connectivity index (χ2v) is 7.01. The molecule has 2 aliphatic heterocycles. The predicted molar refractivity (Wildman–Crippen MR) is 103 cm³/mol. The molecule has 140 valence electrons. The number of benzene rings is 1. The molecule has 0 unspecified atom stereocenters. The van der Waals surface area contributed by atoms with Gasteiger partial charge in [0.25, 0.3) is 0 Å². The third-order valence-electron chi connectivity index (χ3n) is 4.44. The minimum absolute atomic E-state index is 0.254. The molecule has 1 atom stereocenters. The number of aliphatic imine (C=N–C) groups is 1. The van der Waals surface area contributed by atoms with Crippen molar-refractivity contribution in [1.29, 1.82) is 5.26 Å². The molecule has 0 spiro atoms. The molecule has 0 radical (unpaired) electrons. The van der Waals surface area contributed by atoms with E-state index in [4.69, 9.17) is 15.2 Å². The first-order chi connectivity index (χ1) is 12.9. The van der Waals surface area contributed by atoms with Gasteiger partial charge in [-0.05, 0) is 55.8 Å². The Labute approximate surface area is 162 Å². The van der Waals surface area contributed by atoms with Gasteiger partial charge in [-0.1, -0.05) is 6.07 Å². The molecule has 0 aliphatic carbocycles. The van der Waals surface area contributed by atoms with Gasteiger partial charge in [-0.3, -0.25) is 4.90 Å². The van der Waals surface area contributed by atoms with E-state index in [9.17, 15) is 10.1 Å². The summed E-state index contributed by atoms with van der Waals surface area (Å²) in [4.78, 5) is 19.3. The number of aryl methyl sites for hydroxylation is 1. The lowest BCUT2D eigenvalue weighted by molar-refractivity contribution is -0.139. The Bertz CT molecular complexity index is 943. The Morgan fingerprint density at radius 1 is 1.44 bits per heavy atom. The Balaban J connectivity index is 2.21. The van der Waals surface area contributed by atoms with E-state index in [0.29, 0.717) is 21.3 Å². The monoisotopic (exact) mass is 384 g/mol. The number of nitriles is 1. The predicted octanol–water partition coefficient (Wildman–Crippen LogP) is 2.95. The van der Waals surface area contributed by atoms with Gasteiger partial charge in [-0.25, -0.2) is 9.79 Å². The second-order valence-electron chi connectivity index (χ2n) is 6.04. The largest absolute Gasteiger partial charge is 0.497 e. The summed E-state index contributed by atoms with van der Waals surface area (Å²) in [5.74, 6) is 0.563. The molecule has 2 N–H and O–H groups in total. The van der Waals surface area contributed by atoms with E-state index in [-0.39, 0.29) is 12.4 Å². The van der Waals surface area contributed by atoms with Crippen LogP contribution >= 0.6 is 11.8 Å². The number of esters is 1. The summed E-state index contributed by atoms with van der Waals surface area (Å²) in [6.07, 6.45) is 0. The van der Waals surface area contributed by atoms with Crippen molar-refractivity contribution in [1.82, 2.24) is 4.90 Å². The number of hydrogen-bond acceptors (Lipinski definition) is 8. The van der Waals surface area contributed by atoms with Crippen molar-refractivity contribution in [3.8, 4) is 11.8 Å². The molecular formula is C19H20N4O3S. The summed E-state index contributed by atoms with van der Waals surface area (Å²) < 4.78 is 10.6. The lowest BCUT2D eigenvalue weighted by Crippen LogP contribution is -2.39. The van der Waals surface area contributed by atoms with Gasteiger partial charge < -0.3 is 15.2 Å². The zero-order valence-corrected chi connectivity index (χ0v) is 16.4. The molecule has 1 aromatic carbocycles. The number of fused-ring (bicyclic) bond motifs is 1. The summed E-state index contributed by atoms with van der Waals surface area (Å²) in [5, 5.41) is 9.95. The fraction of sp³-hybridized carbons (Fsp3) is 0.316. The molecule has 0 fully saturated rings. The van der Waals surface area contributed by atoms with E-state index in [1.807, 2.05) is 25.1 Å². The number of carbonyl (C=O) groups is 1. The quantitative estimate of drug-likeness (QED) is 0.796. The number of nitrogens with zero attached hydrogens (tertiary/aromatic N) is 3. The summed E-state index contributed by atoms with van der Waals surface area (Å²) in [6, 6.07) is 7.20. The number of allylic oxidation sites excluding steroid dienone is 2. The van der Waals surface area contributed by atoms with Crippen molar-refractivity contribution in [2.45, 2.75) is 26.8 Å². The summed E-state index contributed by atoms with van der Waals surface area (Å²) in [5.41, 5.74) is 9.01. The van der Waals surface area contributed by atoms with Crippen LogP contribution in [0.3, 0.4) is 0 Å². The molecular weight excluding hydrogens is 364 g/mol. The van der Waals surface area contributed by atoms with Crippen molar-refractivity contribution in [3.05, 3.63) is 51.3 Å². The minimum atomic E-state index is -0.527. The smallest absolute Gasteiger partial charge is 0.338 e. The molecule has 1 aromatic rings. The molecule has 0 saturated heterocycles. The van der Waals surface area contributed by atoms with Crippen LogP contribution in [-0.4, -0.2) is 29.8 Å². The average Bonchev–Trinajstić information content (AvgIpc) is 2.96. The zero-order valence-electron chi connectivity index (χ0n) is 15.6. The number of methoxy groups -OCH3 is 1. The first-order valence-corrected chi connectivity index (χ1v) is 9.22. The minimum Gasteiger partial charge on any atom is -0.497 e. The van der Waals surface area contributed by atoms with E-state index in [1.165, 1.54) is 11.8 Å². The Morgan fingerprint density at radius 2 is 2.19 bits per heavy atom. The Kier molecular flexibility index (Phi) is 5.15. The highest BCUT2D eigenvalue weighted by Gasteiger charge is 2.43. The molecule has 0 aromatic heterocycles. The van der Waals surface area contributed by atoms with Gasteiger partial charge in [0.1, 0.15) is 22.5 Å². The van der Waals surface area contributed by atoms with E-state index in [0.717, 1.165) is 16.9 Å². The van der Waals surface area contributed by atoms with E-state index in [1.54, 1.807) is 25.9 Å². The van der Waals surface area contributed by atoms with Crippen molar-refractivity contribution in [3.63, 3.8) is 0 Å². The van der Waals surface area contributed by atoms with Crippen molar-refractivity contribution in [2.24, 2.45) is 10.7 Å². The van der Waals surface area contributed by atoms with Gasteiger partial charge >= 0.3 is 5.97 Å². The third kappa shape index (κ3) is 3.15. The fourth-order valence-corrected chi connectivity index (χ4v) is 4.10. The van der Waals surface area contributed by atoms with Crippen molar-refractivity contribution >= 4 is 22.9 Å². The normalized spacial score (nSPS) is 18.9. The highest BCUT2D eigenvalue weighted by atomic mass is 32.2. The molecule has 3 rings (SSSR count). The number of ether oxygens (including phenoxy) is 2. The SMILES string of the molecule is CCOC(=O)C1=C(C)N=C2SC(C#N)=C(N)N2[C@@H]1c1ccc(OC)cc1C. The van der Waals surface area contributed by atoms with E-state index in [2.05, 4.69) is 11.1 Å². The van der Waals surface area contributed by atoms with E-state index >= 15 is 0 Å². The second kappa shape index (κ2) is 7.37. The first-order valence-electron chi connectivity index (χ1n) is 8.40. The number of hydrogen-bond donors (Lipinski definition) is 1. The lowest BCUT2D eigenvalue weighted by Gasteiger charge is -2.35. The van der Waals surface area contributed by atoms with Crippen LogP contribution in [-0.2, 0) is 9.53 Å². The summed E-state index contributed by atoms with van der Waals surface area (Å²) >= 11 is 1.20. The molecule has 2 aliphatic rings. The molecule has 7 nitrogen and oxygen atoms in total. The summed E-state index contributed by atoms with van der Waals surface area (Å²) in [7, 11) is 1.60. The maximum atomic E-state index is 12.7. The number of carbonyl (C=O) groups excluding carboxylic acids is 1. The van der Waals surface area contributed by atoms with Gasteiger partial charge in [0.15, 0.2) is 5.17 Å². The topological polar surface area (TPSA) is 101 Å². The highest BCUT2D eigenvalue weighted by molar-refractivity contribution is 8.17. The number of nitrogens with two attached hydrogens (primary N) is 1. The molecule has 8 heteroatoms. The molecule has 0 bridgehead atoms. The number of rotatable bonds is 4. The van der Waals surface area contributed by atoms with Gasteiger partial charge in [0.2, 0.25) is 0 Å². The maximum absolute atomic E-state index is 12.7. The fourth-order valence-electron chi connectivity index (χ4n) is 3.19. The van der Waals surface area contributed by atoms with Crippen LogP contribution in [0.25, 0.3) is 0 Å². The van der Waals surface area contributed by atoms with E-state index < -0.39 is 12.0 Å². The number of amidine groups is 1. The molecule has 2 heterocycles. The van der Waals surface area contributed by atoms with Gasteiger partial charge in [0, 0.05) is 0 Å². The van der Waals surface area contributed by atoms with Crippen molar-refractivity contribution in [2.75, 3.05) is 13.7 Å². The molecule has 0 saturated carbocycles. The van der Waals surface area contributed by atoms with Gasteiger partial charge in [0.05, 0.1) is 31.0 Å². The lowest BCUT2D eigenvalue weighted by atomic mass is 9.91. The van der Waals surface area contributed by atoms with Crippen molar-refractivity contribution < 1.29 is 14.3 Å². The average molecular weight is 384 g/mol. The zero-order chi connectivity index (χ0) is 19.7. The first kappa shape index (κ1) is 18.9. The molecule has 27 heavy (non-hydrogen) atoms. The van der Waals surface area contributed by atoms with Crippen LogP contribution in [0.1, 0.15) is 31.0 Å². The third-order valence-corrected chi connectivity index (χ3v) is 5.42. The Hall–Kier alpha value is -2.92. The Morgan fingerprint density at radius 3 is 2.78 bits per heavy atom. The maximum Gasteiger partial charge on any atom is 0.338 e. The van der Waals surface area contributed by atoms with Crippen LogP contribution in [0.2, 0.25) is 0 Å². The summed E-state index contributed by atoms with van der Waals surface area (Å²) in [6.45, 7) is 5.72. The van der Waals surface area contributed by atoms with Crippen LogP contribution in [0.15, 0.2) is 45.2 Å². The van der Waals surface area contributed by atoms with Crippen LogP contribution < -0.4 is 10.5 Å². The van der Waals surface area contributed by atoms with Gasteiger partial charge in [-0.15, -0.1) is 0 Å². The van der Waals surface area contributed by atoms with Crippen LogP contribution in [0.5, 0.6) is 5.75 Å². The highest BCUT2D eigenvalue weighted by Crippen LogP contribution is 2.46. The number of thioether (sulfide) groups is 1. The van der Waals surface area contributed by atoms with Crippen LogP contribution in [0, 0.1) is 18.3 Å². The van der Waals surface area contributed by atoms with Crippen LogP contribution in [0.4, 0.5) is 0 Å². The molecule has 0 amide bonds. The standard InChI is InChI=1S/C19H20N4O3S/c1-5-26-18(24)15-11(3)22-19-23(17(21)14(9-20)27-19)16(15)13-7-6-12(25-4)8-10(13)2/h6-8,16H,5,21H2,1-4H3/t16-/m1/s1. The van der Waals surface area contributed by atoms with Gasteiger partial charge in [-0.2, -0.15) is 5.26 Å².